The van der Waals surface area contributed by atoms with E-state index in [1.54, 1.807) is 6.08 Å². The Balaban J connectivity index is 1.77. The molecule has 1 aliphatic rings. The smallest absolute Gasteiger partial charge is 0.246 e. The van der Waals surface area contributed by atoms with Crippen molar-refractivity contribution in [2.75, 3.05) is 32.5 Å². The van der Waals surface area contributed by atoms with Gasteiger partial charge in [0.2, 0.25) is 5.91 Å². The molecule has 1 amide bonds. The number of carbonyl (C=O) groups excluding carboxylic acids is 1. The number of hydrogen-bond donors (Lipinski definition) is 2. The third-order valence-electron chi connectivity index (χ3n) is 4.43. The van der Waals surface area contributed by atoms with E-state index in [-0.39, 0.29) is 11.9 Å². The summed E-state index contributed by atoms with van der Waals surface area (Å²) in [6, 6.07) is 3.80. The molecule has 1 atom stereocenters. The van der Waals surface area contributed by atoms with Gasteiger partial charge in [-0.1, -0.05) is 6.08 Å². The molecule has 2 aromatic heterocycles. The van der Waals surface area contributed by atoms with Crippen molar-refractivity contribution in [1.82, 2.24) is 30.0 Å². The number of aromatic amines is 1. The predicted molar refractivity (Wildman–Crippen MR) is 105 cm³/mol. The van der Waals surface area contributed by atoms with Crippen LogP contribution in [0.15, 0.2) is 24.3 Å². The van der Waals surface area contributed by atoms with Crippen LogP contribution in [0.25, 0.3) is 0 Å². The SMILES string of the molecule is Cc1nc(Nc2cc(C)[nH]n2)cc([C@@H]2CCCN2C(=O)/C=C/CN(C)C)n1. The molecule has 0 bridgehead atoms. The minimum atomic E-state index is -0.0234. The van der Waals surface area contributed by atoms with E-state index in [0.717, 1.165) is 37.3 Å². The summed E-state index contributed by atoms with van der Waals surface area (Å²) >= 11 is 0. The molecule has 3 rings (SSSR count). The molecular formula is C19H27N7O. The maximum Gasteiger partial charge on any atom is 0.246 e. The minimum absolute atomic E-state index is 0.0234. The van der Waals surface area contributed by atoms with Gasteiger partial charge in [-0.15, -0.1) is 0 Å². The fourth-order valence-corrected chi connectivity index (χ4v) is 3.24. The van der Waals surface area contributed by atoms with Crippen LogP contribution in [0.1, 0.15) is 36.1 Å². The zero-order valence-corrected chi connectivity index (χ0v) is 16.4. The Bertz CT molecular complexity index is 827. The zero-order chi connectivity index (χ0) is 19.4. The van der Waals surface area contributed by atoms with Crippen LogP contribution in [0.3, 0.4) is 0 Å². The van der Waals surface area contributed by atoms with Crippen molar-refractivity contribution in [3.05, 3.63) is 41.5 Å². The van der Waals surface area contributed by atoms with Crippen LogP contribution < -0.4 is 5.32 Å². The van der Waals surface area contributed by atoms with E-state index in [0.29, 0.717) is 17.5 Å². The fraction of sp³-hybridized carbons (Fsp3) is 0.474. The van der Waals surface area contributed by atoms with Crippen molar-refractivity contribution >= 4 is 17.5 Å². The summed E-state index contributed by atoms with van der Waals surface area (Å²) in [7, 11) is 3.96. The predicted octanol–water partition coefficient (Wildman–Crippen LogP) is 2.34. The normalized spacial score (nSPS) is 17.2. The lowest BCUT2D eigenvalue weighted by Crippen LogP contribution is -2.30. The number of nitrogens with zero attached hydrogens (tertiary/aromatic N) is 5. The van der Waals surface area contributed by atoms with Crippen molar-refractivity contribution in [1.29, 1.82) is 0 Å². The molecule has 27 heavy (non-hydrogen) atoms. The topological polar surface area (TPSA) is 90.0 Å². The summed E-state index contributed by atoms with van der Waals surface area (Å²) in [5.74, 6) is 2.10. The molecule has 0 spiro atoms. The summed E-state index contributed by atoms with van der Waals surface area (Å²) in [5.41, 5.74) is 1.84. The minimum Gasteiger partial charge on any atom is -0.331 e. The van der Waals surface area contributed by atoms with Crippen LogP contribution in [-0.4, -0.2) is 63.1 Å². The summed E-state index contributed by atoms with van der Waals surface area (Å²) in [6.07, 6.45) is 5.45. The van der Waals surface area contributed by atoms with Crippen molar-refractivity contribution < 1.29 is 4.79 Å². The van der Waals surface area contributed by atoms with Gasteiger partial charge in [0.05, 0.1) is 11.7 Å². The largest absolute Gasteiger partial charge is 0.331 e. The first-order valence-electron chi connectivity index (χ1n) is 9.19. The molecule has 0 saturated carbocycles. The summed E-state index contributed by atoms with van der Waals surface area (Å²) < 4.78 is 0. The summed E-state index contributed by atoms with van der Waals surface area (Å²) in [6.45, 7) is 5.30. The molecule has 0 radical (unpaired) electrons. The number of carbonyl (C=O) groups is 1. The molecule has 1 fully saturated rings. The molecule has 144 valence electrons. The van der Waals surface area contributed by atoms with Crippen molar-refractivity contribution in [3.8, 4) is 0 Å². The number of H-pyrrole nitrogens is 1. The Hall–Kier alpha value is -2.74. The van der Waals surface area contributed by atoms with Gasteiger partial charge < -0.3 is 15.1 Å². The van der Waals surface area contributed by atoms with Gasteiger partial charge in [-0.25, -0.2) is 9.97 Å². The van der Waals surface area contributed by atoms with E-state index in [1.165, 1.54) is 0 Å². The number of nitrogens with one attached hydrogen (secondary N) is 2. The number of hydrogen-bond acceptors (Lipinski definition) is 6. The molecule has 2 aromatic rings. The highest BCUT2D eigenvalue weighted by Crippen LogP contribution is 2.32. The van der Waals surface area contributed by atoms with Gasteiger partial charge in [0.1, 0.15) is 11.6 Å². The highest BCUT2D eigenvalue weighted by Gasteiger charge is 2.30. The first kappa shape index (κ1) is 19.0. The van der Waals surface area contributed by atoms with E-state index in [1.807, 2.05) is 56.0 Å². The Kier molecular flexibility index (Phi) is 5.85. The van der Waals surface area contributed by atoms with E-state index in [4.69, 9.17) is 0 Å². The van der Waals surface area contributed by atoms with Gasteiger partial charge in [-0.2, -0.15) is 5.10 Å². The molecular weight excluding hydrogens is 342 g/mol. The van der Waals surface area contributed by atoms with Crippen LogP contribution >= 0.6 is 0 Å². The second-order valence-corrected chi connectivity index (χ2v) is 7.14. The van der Waals surface area contributed by atoms with Gasteiger partial charge in [0.25, 0.3) is 0 Å². The Morgan fingerprint density at radius 3 is 2.85 bits per heavy atom. The molecule has 1 saturated heterocycles. The van der Waals surface area contributed by atoms with Crippen molar-refractivity contribution in [3.63, 3.8) is 0 Å². The lowest BCUT2D eigenvalue weighted by Gasteiger charge is -2.23. The number of aryl methyl sites for hydroxylation is 2. The quantitative estimate of drug-likeness (QED) is 0.760. The Labute approximate surface area is 159 Å². The molecule has 8 heteroatoms. The molecule has 0 aliphatic carbocycles. The van der Waals surface area contributed by atoms with Gasteiger partial charge in [0, 0.05) is 37.0 Å². The van der Waals surface area contributed by atoms with Crippen molar-refractivity contribution in [2.24, 2.45) is 0 Å². The van der Waals surface area contributed by atoms with Gasteiger partial charge >= 0.3 is 0 Å². The van der Waals surface area contributed by atoms with E-state index >= 15 is 0 Å². The fourth-order valence-electron chi connectivity index (χ4n) is 3.24. The summed E-state index contributed by atoms with van der Waals surface area (Å²) in [4.78, 5) is 25.6. The first-order chi connectivity index (χ1) is 12.9. The standard InChI is InChI=1S/C19H27N7O/c1-13-11-18(24-23-13)22-17-12-15(20-14(2)21-17)16-7-5-10-26(16)19(27)8-6-9-25(3)4/h6,8,11-12,16H,5,7,9-10H2,1-4H3,(H2,20,21,22,23,24)/b8-6+/t16-/m0/s1. The van der Waals surface area contributed by atoms with E-state index < -0.39 is 0 Å². The molecule has 3 heterocycles. The zero-order valence-electron chi connectivity index (χ0n) is 16.4. The van der Waals surface area contributed by atoms with Gasteiger partial charge in [-0.05, 0) is 40.8 Å². The Morgan fingerprint density at radius 1 is 1.33 bits per heavy atom. The lowest BCUT2D eigenvalue weighted by molar-refractivity contribution is -0.127. The lowest BCUT2D eigenvalue weighted by atomic mass is 10.1. The second kappa shape index (κ2) is 8.30. The van der Waals surface area contributed by atoms with Crippen LogP contribution in [-0.2, 0) is 4.79 Å². The maximum atomic E-state index is 12.6. The second-order valence-electron chi connectivity index (χ2n) is 7.14. The average Bonchev–Trinajstić information content (AvgIpc) is 3.23. The van der Waals surface area contributed by atoms with Crippen LogP contribution in [0.5, 0.6) is 0 Å². The first-order valence-corrected chi connectivity index (χ1v) is 9.19. The maximum absolute atomic E-state index is 12.6. The molecule has 2 N–H and O–H groups in total. The number of aromatic nitrogens is 4. The van der Waals surface area contributed by atoms with Gasteiger partial charge in [0.15, 0.2) is 5.82 Å². The molecule has 0 aromatic carbocycles. The molecule has 8 nitrogen and oxygen atoms in total. The molecule has 0 unspecified atom stereocenters. The highest BCUT2D eigenvalue weighted by atomic mass is 16.2. The number of anilines is 2. The third-order valence-corrected chi connectivity index (χ3v) is 4.43. The van der Waals surface area contributed by atoms with Crippen LogP contribution in [0.4, 0.5) is 11.6 Å². The van der Waals surface area contributed by atoms with Crippen molar-refractivity contribution in [2.45, 2.75) is 32.7 Å². The molecule has 1 aliphatic heterocycles. The Morgan fingerprint density at radius 2 is 2.15 bits per heavy atom. The van der Waals surface area contributed by atoms with Gasteiger partial charge in [-0.3, -0.25) is 9.89 Å². The van der Waals surface area contributed by atoms with Crippen LogP contribution in [0.2, 0.25) is 0 Å². The van der Waals surface area contributed by atoms with Crippen LogP contribution in [0, 0.1) is 13.8 Å². The van der Waals surface area contributed by atoms with E-state index in [9.17, 15) is 4.79 Å². The number of likely N-dealkylation sites (tertiary alicyclic amines) is 1. The third kappa shape index (κ3) is 4.91. The average molecular weight is 369 g/mol. The van der Waals surface area contributed by atoms with E-state index in [2.05, 4.69) is 25.5 Å². The summed E-state index contributed by atoms with van der Waals surface area (Å²) in [5, 5.41) is 10.3. The number of amides is 1. The highest BCUT2D eigenvalue weighted by molar-refractivity contribution is 5.88. The number of rotatable bonds is 6. The number of likely N-dealkylation sites (N-methyl/N-ethyl adjacent to an activating group) is 1. The monoisotopic (exact) mass is 369 g/mol.